The van der Waals surface area contributed by atoms with Crippen molar-refractivity contribution >= 4 is 23.6 Å². The number of amides is 2. The van der Waals surface area contributed by atoms with Gasteiger partial charge < -0.3 is 14.2 Å². The zero-order valence-corrected chi connectivity index (χ0v) is 18.4. The van der Waals surface area contributed by atoms with Gasteiger partial charge in [-0.3, -0.25) is 15.4 Å². The summed E-state index contributed by atoms with van der Waals surface area (Å²) in [5.74, 6) is 0.644. The summed E-state index contributed by atoms with van der Waals surface area (Å²) < 4.78 is 15.4. The van der Waals surface area contributed by atoms with Gasteiger partial charge in [-0.1, -0.05) is 0 Å². The first-order valence-corrected chi connectivity index (χ1v) is 10.2. The van der Waals surface area contributed by atoms with E-state index in [1.807, 2.05) is 0 Å². The molecular formula is C22H24N4O7. The Hall–Kier alpha value is -4.15. The zero-order valence-electron chi connectivity index (χ0n) is 18.4. The van der Waals surface area contributed by atoms with E-state index < -0.39 is 22.8 Å². The zero-order chi connectivity index (χ0) is 24.0. The van der Waals surface area contributed by atoms with Crippen molar-refractivity contribution in [2.45, 2.75) is 25.9 Å². The highest BCUT2D eigenvalue weighted by Gasteiger charge is 2.50. The van der Waals surface area contributed by atoms with Gasteiger partial charge in [-0.2, -0.15) is 10.1 Å². The summed E-state index contributed by atoms with van der Waals surface area (Å²) >= 11 is 0. The van der Waals surface area contributed by atoms with Gasteiger partial charge in [-0.25, -0.2) is 9.59 Å². The molecule has 0 fully saturated rings. The number of nitrogens with zero attached hydrogens (tertiary/aromatic N) is 3. The lowest BCUT2D eigenvalue weighted by Crippen LogP contribution is -2.56. The van der Waals surface area contributed by atoms with Gasteiger partial charge in [0, 0.05) is 24.1 Å². The van der Waals surface area contributed by atoms with E-state index in [1.165, 1.54) is 24.3 Å². The van der Waals surface area contributed by atoms with Crippen LogP contribution < -0.4 is 10.1 Å². The summed E-state index contributed by atoms with van der Waals surface area (Å²) in [6, 6.07) is 12.5. The molecule has 0 aliphatic carbocycles. The van der Waals surface area contributed by atoms with Crippen LogP contribution in [0.4, 0.5) is 15.3 Å². The normalized spacial score (nSPS) is 17.2. The van der Waals surface area contributed by atoms with Crippen molar-refractivity contribution in [2.75, 3.05) is 20.3 Å². The predicted octanol–water partition coefficient (Wildman–Crippen LogP) is 3.77. The molecular weight excluding hydrogens is 432 g/mol. The summed E-state index contributed by atoms with van der Waals surface area (Å²) in [5.41, 5.74) is -0.0908. The minimum absolute atomic E-state index is 0.0643. The number of ether oxygens (including phenoxy) is 3. The topological polar surface area (TPSA) is 133 Å². The number of hydrazone groups is 1. The number of non-ortho nitro benzene ring substituents is 1. The number of hydrogen-bond donors (Lipinski definition) is 1. The quantitative estimate of drug-likeness (QED) is 0.495. The van der Waals surface area contributed by atoms with Crippen molar-refractivity contribution in [3.63, 3.8) is 0 Å². The summed E-state index contributed by atoms with van der Waals surface area (Å²) in [7, 11) is 1.55. The minimum atomic E-state index is -1.52. The fraction of sp³-hybridized carbons (Fsp3) is 0.318. The molecule has 3 rings (SSSR count). The number of alkyl carbamates (subject to hydrolysis) is 1. The number of carbonyl (C=O) groups excluding carboxylic acids is 2. The van der Waals surface area contributed by atoms with Gasteiger partial charge in [0.15, 0.2) is 5.66 Å². The molecule has 1 unspecified atom stereocenters. The van der Waals surface area contributed by atoms with E-state index in [0.29, 0.717) is 22.6 Å². The largest absolute Gasteiger partial charge is 0.497 e. The van der Waals surface area contributed by atoms with Crippen LogP contribution in [0.1, 0.15) is 31.4 Å². The van der Waals surface area contributed by atoms with Crippen molar-refractivity contribution in [3.05, 3.63) is 69.8 Å². The van der Waals surface area contributed by atoms with Crippen molar-refractivity contribution in [1.29, 1.82) is 0 Å². The maximum absolute atomic E-state index is 12.9. The maximum Gasteiger partial charge on any atom is 0.432 e. The third kappa shape index (κ3) is 4.86. The van der Waals surface area contributed by atoms with Crippen molar-refractivity contribution in [1.82, 2.24) is 10.3 Å². The number of hydrogen-bond acceptors (Lipinski definition) is 8. The highest BCUT2D eigenvalue weighted by Crippen LogP contribution is 2.38. The van der Waals surface area contributed by atoms with Gasteiger partial charge >= 0.3 is 12.2 Å². The van der Waals surface area contributed by atoms with Crippen LogP contribution in [0, 0.1) is 10.1 Å². The SMILES string of the molecule is CCOC(=O)NC1(c2ccc([N+](=O)[O-])cc2)CC(c2ccc(OC)cc2)=NN1C(=O)OCC. The second kappa shape index (κ2) is 9.98. The van der Waals surface area contributed by atoms with E-state index in [2.05, 4.69) is 10.4 Å². The number of rotatable bonds is 7. The first-order chi connectivity index (χ1) is 15.8. The van der Waals surface area contributed by atoms with E-state index in [9.17, 15) is 19.7 Å². The third-order valence-corrected chi connectivity index (χ3v) is 5.01. The summed E-state index contributed by atoms with van der Waals surface area (Å²) in [6.07, 6.45) is -1.51. The molecule has 0 spiro atoms. The van der Waals surface area contributed by atoms with Crippen molar-refractivity contribution in [3.8, 4) is 5.75 Å². The highest BCUT2D eigenvalue weighted by molar-refractivity contribution is 6.03. The average Bonchev–Trinajstić information content (AvgIpc) is 3.20. The Morgan fingerprint density at radius 1 is 1.09 bits per heavy atom. The molecule has 11 heteroatoms. The van der Waals surface area contributed by atoms with Crippen LogP contribution in [0.25, 0.3) is 0 Å². The third-order valence-electron chi connectivity index (χ3n) is 5.01. The van der Waals surface area contributed by atoms with Crippen LogP contribution in [-0.2, 0) is 15.1 Å². The number of benzene rings is 2. The lowest BCUT2D eigenvalue weighted by Gasteiger charge is -2.36. The number of carbonyl (C=O) groups is 2. The van der Waals surface area contributed by atoms with E-state index in [0.717, 1.165) is 5.01 Å². The van der Waals surface area contributed by atoms with Gasteiger partial charge in [0.1, 0.15) is 5.75 Å². The Balaban J connectivity index is 2.11. The summed E-state index contributed by atoms with van der Waals surface area (Å²) in [5, 5.41) is 19.3. The molecule has 1 heterocycles. The molecule has 2 amide bonds. The summed E-state index contributed by atoms with van der Waals surface area (Å²) in [4.78, 5) is 36.0. The molecule has 1 atom stereocenters. The molecule has 0 aromatic heterocycles. The molecule has 2 aromatic carbocycles. The van der Waals surface area contributed by atoms with Crippen LogP contribution in [0.5, 0.6) is 5.75 Å². The number of nitro groups is 1. The molecule has 1 aliphatic rings. The van der Waals surface area contributed by atoms with Crippen molar-refractivity contribution < 1.29 is 28.7 Å². The van der Waals surface area contributed by atoms with Crippen LogP contribution in [0.2, 0.25) is 0 Å². The first-order valence-electron chi connectivity index (χ1n) is 10.2. The van der Waals surface area contributed by atoms with E-state index in [1.54, 1.807) is 45.2 Å². The monoisotopic (exact) mass is 456 g/mol. The van der Waals surface area contributed by atoms with Crippen LogP contribution in [0.3, 0.4) is 0 Å². The minimum Gasteiger partial charge on any atom is -0.497 e. The molecule has 0 bridgehead atoms. The van der Waals surface area contributed by atoms with Gasteiger partial charge in [-0.05, 0) is 55.8 Å². The fourth-order valence-corrected chi connectivity index (χ4v) is 3.47. The van der Waals surface area contributed by atoms with Gasteiger partial charge in [0.05, 0.1) is 31.0 Å². The van der Waals surface area contributed by atoms with Crippen LogP contribution in [0.15, 0.2) is 53.6 Å². The number of methoxy groups -OCH3 is 1. The Morgan fingerprint density at radius 2 is 1.73 bits per heavy atom. The Kier molecular flexibility index (Phi) is 7.11. The fourth-order valence-electron chi connectivity index (χ4n) is 3.47. The second-order valence-electron chi connectivity index (χ2n) is 6.97. The first kappa shape index (κ1) is 23.5. The van der Waals surface area contributed by atoms with Gasteiger partial charge in [-0.15, -0.1) is 0 Å². The Morgan fingerprint density at radius 3 is 2.27 bits per heavy atom. The lowest BCUT2D eigenvalue weighted by atomic mass is 9.91. The molecule has 0 saturated heterocycles. The molecule has 33 heavy (non-hydrogen) atoms. The molecule has 174 valence electrons. The van der Waals surface area contributed by atoms with Crippen LogP contribution in [-0.4, -0.2) is 48.2 Å². The van der Waals surface area contributed by atoms with E-state index >= 15 is 0 Å². The van der Waals surface area contributed by atoms with Crippen molar-refractivity contribution in [2.24, 2.45) is 5.10 Å². The standard InChI is InChI=1S/C22H24N4O7/c1-4-32-20(27)23-22(16-8-10-17(11-9-16)26(29)30)14-19(24-25(22)21(28)33-5-2)15-6-12-18(31-3)13-7-15/h6-13H,4-5,14H2,1-3H3,(H,23,27). The summed E-state index contributed by atoms with van der Waals surface area (Å²) in [6.45, 7) is 3.48. The van der Waals surface area contributed by atoms with Gasteiger partial charge in [0.25, 0.3) is 5.69 Å². The molecule has 1 N–H and O–H groups in total. The van der Waals surface area contributed by atoms with E-state index in [-0.39, 0.29) is 25.3 Å². The van der Waals surface area contributed by atoms with Gasteiger partial charge in [0.2, 0.25) is 0 Å². The second-order valence-corrected chi connectivity index (χ2v) is 6.97. The molecule has 2 aromatic rings. The maximum atomic E-state index is 12.9. The predicted molar refractivity (Wildman–Crippen MR) is 118 cm³/mol. The van der Waals surface area contributed by atoms with E-state index in [4.69, 9.17) is 14.2 Å². The Bertz CT molecular complexity index is 1050. The Labute approximate surface area is 190 Å². The average molecular weight is 456 g/mol. The number of nitro benzene ring substituents is 1. The highest BCUT2D eigenvalue weighted by atomic mass is 16.6. The molecule has 11 nitrogen and oxygen atoms in total. The smallest absolute Gasteiger partial charge is 0.432 e. The molecule has 0 saturated carbocycles. The number of nitrogens with one attached hydrogen (secondary N) is 1. The molecule has 1 aliphatic heterocycles. The van der Waals surface area contributed by atoms with Crippen LogP contribution >= 0.6 is 0 Å². The lowest BCUT2D eigenvalue weighted by molar-refractivity contribution is -0.384. The molecule has 0 radical (unpaired) electrons.